The highest BCUT2D eigenvalue weighted by Gasteiger charge is 2.38. The van der Waals surface area contributed by atoms with Gasteiger partial charge >= 0.3 is 0 Å². The molecule has 0 spiro atoms. The lowest BCUT2D eigenvalue weighted by Crippen LogP contribution is -2.32. The average Bonchev–Trinajstić information content (AvgIpc) is 2.92. The van der Waals surface area contributed by atoms with Gasteiger partial charge < -0.3 is 10.2 Å². The molecule has 0 radical (unpaired) electrons. The second-order valence-corrected chi connectivity index (χ2v) is 6.17. The number of anilines is 1. The number of amides is 1. The van der Waals surface area contributed by atoms with Crippen LogP contribution in [0.5, 0.6) is 0 Å². The number of benzene rings is 2. The molecule has 27 heavy (non-hydrogen) atoms. The summed E-state index contributed by atoms with van der Waals surface area (Å²) in [6.45, 7) is 0.157. The molecule has 0 aliphatic carbocycles. The lowest BCUT2D eigenvalue weighted by Gasteiger charge is -2.26. The van der Waals surface area contributed by atoms with Crippen molar-refractivity contribution in [2.45, 2.75) is 12.7 Å². The van der Waals surface area contributed by atoms with Crippen LogP contribution in [0.2, 0.25) is 0 Å². The molecule has 1 amide bonds. The van der Waals surface area contributed by atoms with E-state index >= 15 is 0 Å². The van der Waals surface area contributed by atoms with Crippen molar-refractivity contribution in [1.29, 1.82) is 0 Å². The number of hydrogen-bond acceptors (Lipinski definition) is 3. The first-order chi connectivity index (χ1) is 13.0. The van der Waals surface area contributed by atoms with Crippen molar-refractivity contribution >= 4 is 11.6 Å². The molecule has 0 saturated heterocycles. The smallest absolute Gasteiger partial charge is 0.258 e. The number of aromatic nitrogens is 1. The Morgan fingerprint density at radius 2 is 1.74 bits per heavy atom. The molecule has 3 aromatic rings. The highest BCUT2D eigenvalue weighted by Crippen LogP contribution is 2.34. The number of hydrogen-bond donors (Lipinski definition) is 1. The summed E-state index contributed by atoms with van der Waals surface area (Å²) < 4.78 is 40.8. The van der Waals surface area contributed by atoms with Gasteiger partial charge in [0, 0.05) is 18.8 Å². The highest BCUT2D eigenvalue weighted by atomic mass is 19.1. The third kappa shape index (κ3) is 3.23. The first kappa shape index (κ1) is 17.1. The molecule has 0 bridgehead atoms. The number of pyridine rings is 1. The second kappa shape index (κ2) is 6.75. The number of rotatable bonds is 4. The van der Waals surface area contributed by atoms with Crippen LogP contribution in [0.1, 0.15) is 27.8 Å². The predicted molar refractivity (Wildman–Crippen MR) is 93.2 cm³/mol. The summed E-state index contributed by atoms with van der Waals surface area (Å²) in [5, 5.41) is 2.87. The topological polar surface area (TPSA) is 45.2 Å². The van der Waals surface area contributed by atoms with Crippen LogP contribution < -0.4 is 5.32 Å². The van der Waals surface area contributed by atoms with E-state index in [1.54, 1.807) is 24.3 Å². The van der Waals surface area contributed by atoms with Crippen LogP contribution >= 0.6 is 0 Å². The molecule has 4 nitrogen and oxygen atoms in total. The molecule has 1 N–H and O–H groups in total. The van der Waals surface area contributed by atoms with Crippen LogP contribution in [0.25, 0.3) is 0 Å². The van der Waals surface area contributed by atoms with Crippen LogP contribution in [0.15, 0.2) is 60.8 Å². The summed E-state index contributed by atoms with van der Waals surface area (Å²) in [6, 6.07) is 12.1. The number of nitrogens with zero attached hydrogens (tertiary/aromatic N) is 2. The van der Waals surface area contributed by atoms with E-state index in [9.17, 15) is 18.0 Å². The Morgan fingerprint density at radius 1 is 1.00 bits per heavy atom. The molecule has 2 heterocycles. The Morgan fingerprint density at radius 3 is 2.52 bits per heavy atom. The van der Waals surface area contributed by atoms with Crippen molar-refractivity contribution in [2.24, 2.45) is 0 Å². The minimum absolute atomic E-state index is 0.0737. The molecule has 136 valence electrons. The minimum atomic E-state index is -0.782. The van der Waals surface area contributed by atoms with Gasteiger partial charge in [-0.1, -0.05) is 12.1 Å². The monoisotopic (exact) mass is 369 g/mol. The Labute approximate surface area is 153 Å². The molecule has 4 rings (SSSR count). The van der Waals surface area contributed by atoms with E-state index in [0.29, 0.717) is 16.8 Å². The standard InChI is InChI=1S/C20H14F3N3O/c21-13-5-3-12(4-6-13)11-26-19(18-15(20(26)27)2-1-9-24-18)25-17-10-14(22)7-8-16(17)23/h1-10,19,25H,11H2/t19-/m1/s1. The van der Waals surface area contributed by atoms with Crippen molar-refractivity contribution in [3.63, 3.8) is 0 Å². The molecule has 0 fully saturated rings. The van der Waals surface area contributed by atoms with Gasteiger partial charge in [-0.25, -0.2) is 13.2 Å². The molecular weight excluding hydrogens is 355 g/mol. The first-order valence-electron chi connectivity index (χ1n) is 8.25. The number of fused-ring (bicyclic) bond motifs is 1. The zero-order valence-corrected chi connectivity index (χ0v) is 14.0. The molecule has 1 aliphatic rings. The van der Waals surface area contributed by atoms with E-state index < -0.39 is 17.8 Å². The largest absolute Gasteiger partial charge is 0.358 e. The molecule has 0 saturated carbocycles. The molecule has 2 aromatic carbocycles. The van der Waals surface area contributed by atoms with E-state index in [-0.39, 0.29) is 24.0 Å². The summed E-state index contributed by atoms with van der Waals surface area (Å²) >= 11 is 0. The van der Waals surface area contributed by atoms with Crippen LogP contribution in [0.4, 0.5) is 18.9 Å². The van der Waals surface area contributed by atoms with Gasteiger partial charge in [0.25, 0.3) is 5.91 Å². The molecule has 1 atom stereocenters. The van der Waals surface area contributed by atoms with Crippen molar-refractivity contribution in [1.82, 2.24) is 9.88 Å². The quantitative estimate of drug-likeness (QED) is 0.747. The zero-order valence-electron chi connectivity index (χ0n) is 14.0. The summed E-state index contributed by atoms with van der Waals surface area (Å²) in [5.74, 6) is -1.92. The van der Waals surface area contributed by atoms with Gasteiger partial charge in [-0.3, -0.25) is 9.78 Å². The molecular formula is C20H14F3N3O. The van der Waals surface area contributed by atoms with Gasteiger partial charge in [0.1, 0.15) is 23.6 Å². The van der Waals surface area contributed by atoms with Gasteiger partial charge in [-0.05, 0) is 42.0 Å². The Balaban J connectivity index is 1.71. The first-order valence-corrected chi connectivity index (χ1v) is 8.25. The van der Waals surface area contributed by atoms with Crippen LogP contribution in [0, 0.1) is 17.5 Å². The molecule has 7 heteroatoms. The molecule has 1 aromatic heterocycles. The lowest BCUT2D eigenvalue weighted by atomic mass is 10.2. The Bertz CT molecular complexity index is 1010. The maximum atomic E-state index is 14.1. The number of carbonyl (C=O) groups excluding carboxylic acids is 1. The SMILES string of the molecule is O=C1c2cccnc2[C@H](Nc2cc(F)ccc2F)N1Cc1ccc(F)cc1. The zero-order chi connectivity index (χ0) is 19.0. The summed E-state index contributed by atoms with van der Waals surface area (Å²) in [5.41, 5.74) is 1.43. The fourth-order valence-corrected chi connectivity index (χ4v) is 3.09. The number of carbonyl (C=O) groups is 1. The van der Waals surface area contributed by atoms with E-state index in [0.717, 1.165) is 18.2 Å². The van der Waals surface area contributed by atoms with Crippen molar-refractivity contribution < 1.29 is 18.0 Å². The van der Waals surface area contributed by atoms with E-state index in [1.165, 1.54) is 23.2 Å². The summed E-state index contributed by atoms with van der Waals surface area (Å²) in [6.07, 6.45) is 0.750. The molecule has 0 unspecified atom stereocenters. The van der Waals surface area contributed by atoms with Crippen LogP contribution in [-0.2, 0) is 6.54 Å². The van der Waals surface area contributed by atoms with Crippen molar-refractivity contribution in [2.75, 3.05) is 5.32 Å². The minimum Gasteiger partial charge on any atom is -0.358 e. The molecule has 1 aliphatic heterocycles. The number of halogens is 3. The summed E-state index contributed by atoms with van der Waals surface area (Å²) in [7, 11) is 0. The maximum Gasteiger partial charge on any atom is 0.258 e. The average molecular weight is 369 g/mol. The normalized spacial score (nSPS) is 15.7. The fourth-order valence-electron chi connectivity index (χ4n) is 3.09. The van der Waals surface area contributed by atoms with E-state index in [2.05, 4.69) is 10.3 Å². The van der Waals surface area contributed by atoms with Crippen molar-refractivity contribution in [3.05, 3.63) is 95.1 Å². The van der Waals surface area contributed by atoms with Crippen molar-refractivity contribution in [3.8, 4) is 0 Å². The van der Waals surface area contributed by atoms with Gasteiger partial charge in [0.2, 0.25) is 0 Å². The van der Waals surface area contributed by atoms with E-state index in [4.69, 9.17) is 0 Å². The Kier molecular flexibility index (Phi) is 4.27. The predicted octanol–water partition coefficient (Wildman–Crippen LogP) is 4.27. The van der Waals surface area contributed by atoms with Crippen LogP contribution in [-0.4, -0.2) is 15.8 Å². The third-order valence-corrected chi connectivity index (χ3v) is 4.39. The lowest BCUT2D eigenvalue weighted by molar-refractivity contribution is 0.0727. The van der Waals surface area contributed by atoms with Crippen LogP contribution in [0.3, 0.4) is 0 Å². The van der Waals surface area contributed by atoms with Gasteiger partial charge in [-0.15, -0.1) is 0 Å². The van der Waals surface area contributed by atoms with Gasteiger partial charge in [0.05, 0.1) is 16.9 Å². The highest BCUT2D eigenvalue weighted by molar-refractivity contribution is 5.98. The fraction of sp³-hybridized carbons (Fsp3) is 0.100. The summed E-state index contributed by atoms with van der Waals surface area (Å²) in [4.78, 5) is 18.5. The third-order valence-electron chi connectivity index (χ3n) is 4.39. The van der Waals surface area contributed by atoms with Gasteiger partial charge in [0.15, 0.2) is 0 Å². The Hall–Kier alpha value is -3.35. The number of nitrogens with one attached hydrogen (secondary N) is 1. The van der Waals surface area contributed by atoms with E-state index in [1.807, 2.05) is 0 Å². The maximum absolute atomic E-state index is 14.1. The second-order valence-electron chi connectivity index (χ2n) is 6.17. The van der Waals surface area contributed by atoms with Gasteiger partial charge in [-0.2, -0.15) is 0 Å².